The number of hydrogen-bond donors (Lipinski definition) is 0. The molecule has 0 bridgehead atoms. The van der Waals surface area contributed by atoms with Gasteiger partial charge in [-0.25, -0.2) is 0 Å². The van der Waals surface area contributed by atoms with E-state index in [4.69, 9.17) is 0 Å². The van der Waals surface area contributed by atoms with E-state index in [2.05, 4.69) is 21.6 Å². The highest BCUT2D eigenvalue weighted by Gasteiger charge is 2.36. The number of hydrogen-bond acceptors (Lipinski definition) is 5. The average molecular weight is 386 g/mol. The summed E-state index contributed by atoms with van der Waals surface area (Å²) in [5, 5.41) is 7.11. The Balaban J connectivity index is 1.89. The molecule has 3 aromatic heterocycles. The zero-order valence-corrected chi connectivity index (χ0v) is 14.8. The van der Waals surface area contributed by atoms with Gasteiger partial charge in [0.25, 0.3) is 0 Å². The number of thiophene rings is 1. The molecule has 1 aliphatic rings. The molecule has 0 spiro atoms. The second kappa shape index (κ2) is 6.62. The molecule has 1 aliphatic heterocycles. The van der Waals surface area contributed by atoms with E-state index >= 15 is 0 Å². The molecule has 136 valence electrons. The maximum absolute atomic E-state index is 13.1. The molecular formula is C19H13F3N4S. The third-order valence-electron chi connectivity index (χ3n) is 4.10. The first-order valence-corrected chi connectivity index (χ1v) is 8.87. The Morgan fingerprint density at radius 3 is 2.15 bits per heavy atom. The standard InChI is InChI=1S/C19H13F3N4S/c1-12-16-15(13-2-6-23-7-3-13)10-27-18(16)17(14-4-8-24-9-5-14)25-26(12)11-19(20,21)22/h2-10H,1,11H2. The highest BCUT2D eigenvalue weighted by atomic mass is 32.1. The van der Waals surface area contributed by atoms with Gasteiger partial charge in [0.05, 0.1) is 10.6 Å². The Labute approximate surface area is 157 Å². The van der Waals surface area contributed by atoms with Gasteiger partial charge in [0.2, 0.25) is 0 Å². The van der Waals surface area contributed by atoms with Crippen LogP contribution in [-0.4, -0.2) is 33.4 Å². The Kier molecular flexibility index (Phi) is 4.27. The smallest absolute Gasteiger partial charge is 0.265 e. The molecule has 0 aliphatic carbocycles. The molecule has 0 radical (unpaired) electrons. The van der Waals surface area contributed by atoms with Crippen molar-refractivity contribution >= 4 is 22.7 Å². The fourth-order valence-electron chi connectivity index (χ4n) is 2.92. The summed E-state index contributed by atoms with van der Waals surface area (Å²) in [6, 6.07) is 7.10. The molecule has 0 unspecified atom stereocenters. The molecule has 0 saturated carbocycles. The lowest BCUT2D eigenvalue weighted by Crippen LogP contribution is -2.33. The second-order valence-corrected chi connectivity index (χ2v) is 6.77. The lowest BCUT2D eigenvalue weighted by Gasteiger charge is -2.29. The molecule has 4 rings (SSSR count). The average Bonchev–Trinajstić information content (AvgIpc) is 3.10. The van der Waals surface area contributed by atoms with Gasteiger partial charge in [-0.15, -0.1) is 11.3 Å². The lowest BCUT2D eigenvalue weighted by molar-refractivity contribution is -0.139. The molecule has 4 heterocycles. The first kappa shape index (κ1) is 17.4. The van der Waals surface area contributed by atoms with Gasteiger partial charge in [-0.2, -0.15) is 18.3 Å². The predicted octanol–water partition coefficient (Wildman–Crippen LogP) is 4.81. The summed E-state index contributed by atoms with van der Waals surface area (Å²) in [5.74, 6) is 0. The molecule has 3 aromatic rings. The van der Waals surface area contributed by atoms with Crippen molar-refractivity contribution in [3.63, 3.8) is 0 Å². The van der Waals surface area contributed by atoms with Gasteiger partial charge in [0.1, 0.15) is 12.3 Å². The van der Waals surface area contributed by atoms with E-state index in [1.165, 1.54) is 11.3 Å². The van der Waals surface area contributed by atoms with Crippen LogP contribution in [0.1, 0.15) is 16.0 Å². The molecule has 0 atom stereocenters. The number of halogens is 3. The van der Waals surface area contributed by atoms with Crippen molar-refractivity contribution < 1.29 is 13.2 Å². The van der Waals surface area contributed by atoms with E-state index in [-0.39, 0.29) is 5.70 Å². The third kappa shape index (κ3) is 3.35. The van der Waals surface area contributed by atoms with Crippen molar-refractivity contribution in [2.24, 2.45) is 5.10 Å². The summed E-state index contributed by atoms with van der Waals surface area (Å²) in [5.41, 5.74) is 3.76. The van der Waals surface area contributed by atoms with E-state index in [0.717, 1.165) is 21.0 Å². The van der Waals surface area contributed by atoms with Gasteiger partial charge >= 0.3 is 6.18 Å². The van der Waals surface area contributed by atoms with E-state index in [0.29, 0.717) is 16.8 Å². The number of nitrogens with zero attached hydrogens (tertiary/aromatic N) is 4. The van der Waals surface area contributed by atoms with E-state index in [1.54, 1.807) is 36.9 Å². The minimum absolute atomic E-state index is 0.230. The molecule has 0 N–H and O–H groups in total. The first-order chi connectivity index (χ1) is 12.9. The monoisotopic (exact) mass is 386 g/mol. The molecule has 0 saturated heterocycles. The van der Waals surface area contributed by atoms with E-state index in [9.17, 15) is 13.2 Å². The van der Waals surface area contributed by atoms with Crippen LogP contribution in [0.5, 0.6) is 0 Å². The molecular weight excluding hydrogens is 373 g/mol. The highest BCUT2D eigenvalue weighted by molar-refractivity contribution is 7.13. The van der Waals surface area contributed by atoms with Crippen LogP contribution in [0.15, 0.2) is 66.1 Å². The van der Waals surface area contributed by atoms with Crippen LogP contribution in [0.4, 0.5) is 13.2 Å². The first-order valence-electron chi connectivity index (χ1n) is 7.99. The lowest BCUT2D eigenvalue weighted by atomic mass is 9.97. The zero-order chi connectivity index (χ0) is 19.0. The summed E-state index contributed by atoms with van der Waals surface area (Å²) < 4.78 is 39.3. The number of fused-ring (bicyclic) bond motifs is 1. The molecule has 4 nitrogen and oxygen atoms in total. The van der Waals surface area contributed by atoms with Crippen molar-refractivity contribution in [3.05, 3.63) is 77.0 Å². The maximum atomic E-state index is 13.1. The number of rotatable bonds is 3. The van der Waals surface area contributed by atoms with Crippen molar-refractivity contribution in [2.75, 3.05) is 6.54 Å². The quantitative estimate of drug-likeness (QED) is 0.649. The number of pyridine rings is 2. The summed E-state index contributed by atoms with van der Waals surface area (Å²) >= 11 is 1.43. The molecule has 0 amide bonds. The fraction of sp³-hybridized carbons (Fsp3) is 0.105. The summed E-state index contributed by atoms with van der Waals surface area (Å²) in [4.78, 5) is 8.76. The van der Waals surface area contributed by atoms with Crippen LogP contribution in [0.2, 0.25) is 0 Å². The van der Waals surface area contributed by atoms with Gasteiger partial charge < -0.3 is 0 Å². The van der Waals surface area contributed by atoms with Crippen LogP contribution in [0.25, 0.3) is 16.8 Å². The maximum Gasteiger partial charge on any atom is 0.408 e. The van der Waals surface area contributed by atoms with Crippen LogP contribution >= 0.6 is 11.3 Å². The summed E-state index contributed by atoms with van der Waals surface area (Å²) in [6.45, 7) is 2.70. The largest absolute Gasteiger partial charge is 0.408 e. The Bertz CT molecular complexity index is 1010. The molecule has 0 aromatic carbocycles. The molecule has 27 heavy (non-hydrogen) atoms. The predicted molar refractivity (Wildman–Crippen MR) is 99.2 cm³/mol. The molecule has 8 heteroatoms. The van der Waals surface area contributed by atoms with Crippen molar-refractivity contribution in [2.45, 2.75) is 6.18 Å². The summed E-state index contributed by atoms with van der Waals surface area (Å²) in [6.07, 6.45) is 2.08. The SMILES string of the molecule is C=C1c2c(-c3ccncc3)csc2C(c2ccncc2)=NN1CC(F)(F)F. The fourth-order valence-corrected chi connectivity index (χ4v) is 4.02. The third-order valence-corrected chi connectivity index (χ3v) is 5.09. The van der Waals surface area contributed by atoms with Crippen LogP contribution < -0.4 is 0 Å². The van der Waals surface area contributed by atoms with Gasteiger partial charge in [-0.1, -0.05) is 6.58 Å². The highest BCUT2D eigenvalue weighted by Crippen LogP contribution is 2.42. The van der Waals surface area contributed by atoms with Gasteiger partial charge in [0.15, 0.2) is 0 Å². The van der Waals surface area contributed by atoms with Gasteiger partial charge in [0, 0.05) is 41.5 Å². The summed E-state index contributed by atoms with van der Waals surface area (Å²) in [7, 11) is 0. The van der Waals surface area contributed by atoms with Crippen LogP contribution in [-0.2, 0) is 0 Å². The van der Waals surface area contributed by atoms with E-state index < -0.39 is 12.7 Å². The number of aromatic nitrogens is 2. The van der Waals surface area contributed by atoms with Crippen molar-refractivity contribution in [3.8, 4) is 11.1 Å². The van der Waals surface area contributed by atoms with Crippen molar-refractivity contribution in [1.82, 2.24) is 15.0 Å². The van der Waals surface area contributed by atoms with E-state index in [1.807, 2.05) is 17.5 Å². The second-order valence-electron chi connectivity index (χ2n) is 5.89. The number of alkyl halides is 3. The zero-order valence-electron chi connectivity index (χ0n) is 13.9. The van der Waals surface area contributed by atoms with Crippen LogP contribution in [0, 0.1) is 0 Å². The van der Waals surface area contributed by atoms with Crippen LogP contribution in [0.3, 0.4) is 0 Å². The van der Waals surface area contributed by atoms with Gasteiger partial charge in [-0.3, -0.25) is 15.0 Å². The van der Waals surface area contributed by atoms with Crippen molar-refractivity contribution in [1.29, 1.82) is 0 Å². The normalized spacial score (nSPS) is 14.1. The minimum Gasteiger partial charge on any atom is -0.265 e. The topological polar surface area (TPSA) is 41.4 Å². The Morgan fingerprint density at radius 2 is 1.56 bits per heavy atom. The number of hydrazone groups is 1. The Hall–Kier alpha value is -3.00. The Morgan fingerprint density at radius 1 is 0.963 bits per heavy atom. The minimum atomic E-state index is -4.40. The molecule has 0 fully saturated rings. The van der Waals surface area contributed by atoms with Gasteiger partial charge in [-0.05, 0) is 35.2 Å².